The molecule has 0 spiro atoms. The van der Waals surface area contributed by atoms with Crippen molar-refractivity contribution in [3.05, 3.63) is 0 Å². The van der Waals surface area contributed by atoms with Gasteiger partial charge in [-0.1, -0.05) is 90.9 Å². The molecule has 3 heteroatoms. The van der Waals surface area contributed by atoms with Gasteiger partial charge in [0.15, 0.2) is 0 Å². The molecule has 22 heavy (non-hydrogen) atoms. The molecule has 0 aliphatic heterocycles. The Morgan fingerprint density at radius 1 is 0.818 bits per heavy atom. The number of carboxylic acid groups (broad SMARTS) is 1. The van der Waals surface area contributed by atoms with Gasteiger partial charge in [0.25, 0.3) is 0 Å². The molecular weight excluding hydrogens is 276 g/mol. The van der Waals surface area contributed by atoms with Crippen LogP contribution in [-0.4, -0.2) is 22.3 Å². The van der Waals surface area contributed by atoms with Crippen LogP contribution in [0.2, 0.25) is 0 Å². The third-order valence-electron chi connectivity index (χ3n) is 4.44. The highest BCUT2D eigenvalue weighted by atomic mass is 16.4. The minimum Gasteiger partial charge on any atom is -0.481 e. The normalized spacial score (nSPS) is 14.0. The molecule has 0 radical (unpaired) electrons. The second-order valence-corrected chi connectivity index (χ2v) is 6.90. The van der Waals surface area contributed by atoms with E-state index in [-0.39, 0.29) is 6.42 Å². The maximum atomic E-state index is 10.4. The summed E-state index contributed by atoms with van der Waals surface area (Å²) >= 11 is 0. The highest BCUT2D eigenvalue weighted by Crippen LogP contribution is 2.18. The third-order valence-corrected chi connectivity index (χ3v) is 4.44. The smallest absolute Gasteiger partial charge is 0.305 e. The number of aliphatic hydroxyl groups excluding tert-OH is 1. The van der Waals surface area contributed by atoms with Crippen molar-refractivity contribution in [1.82, 2.24) is 0 Å². The molecule has 0 heterocycles. The number of carbonyl (C=O) groups is 1. The van der Waals surface area contributed by atoms with Gasteiger partial charge in [-0.3, -0.25) is 4.79 Å². The largest absolute Gasteiger partial charge is 0.481 e. The summed E-state index contributed by atoms with van der Waals surface area (Å²) in [6, 6.07) is 0. The van der Waals surface area contributed by atoms with E-state index in [2.05, 4.69) is 13.8 Å². The van der Waals surface area contributed by atoms with Crippen LogP contribution in [0.1, 0.15) is 104 Å². The standard InChI is InChI=1S/C19H38O3/c1-3-4-5-10-13-17(2)14-11-8-6-7-9-12-15-18(20)16-19(21)22/h17-18,20H,3-16H2,1-2H3,(H,21,22). The fourth-order valence-electron chi connectivity index (χ4n) is 2.95. The zero-order chi connectivity index (χ0) is 16.6. The zero-order valence-corrected chi connectivity index (χ0v) is 14.9. The van der Waals surface area contributed by atoms with E-state index in [0.29, 0.717) is 6.42 Å². The summed E-state index contributed by atoms with van der Waals surface area (Å²) in [5, 5.41) is 18.0. The molecule has 2 N–H and O–H groups in total. The van der Waals surface area contributed by atoms with Crippen LogP contribution in [0.15, 0.2) is 0 Å². The molecule has 0 saturated heterocycles. The Morgan fingerprint density at radius 3 is 1.77 bits per heavy atom. The van der Waals surface area contributed by atoms with Crippen molar-refractivity contribution in [3.8, 4) is 0 Å². The van der Waals surface area contributed by atoms with Crippen LogP contribution in [0.4, 0.5) is 0 Å². The van der Waals surface area contributed by atoms with Crippen molar-refractivity contribution in [3.63, 3.8) is 0 Å². The predicted octanol–water partition coefficient (Wildman–Crippen LogP) is 5.55. The lowest BCUT2D eigenvalue weighted by Crippen LogP contribution is -2.12. The molecule has 0 bridgehead atoms. The third kappa shape index (κ3) is 15.8. The summed E-state index contributed by atoms with van der Waals surface area (Å²) in [5.74, 6) is -0.0284. The summed E-state index contributed by atoms with van der Waals surface area (Å²) in [6.07, 6.45) is 15.3. The number of unbranched alkanes of at least 4 members (excludes halogenated alkanes) is 8. The van der Waals surface area contributed by atoms with E-state index < -0.39 is 12.1 Å². The van der Waals surface area contributed by atoms with Gasteiger partial charge in [-0.2, -0.15) is 0 Å². The van der Waals surface area contributed by atoms with Crippen LogP contribution in [-0.2, 0) is 4.79 Å². The van der Waals surface area contributed by atoms with Crippen LogP contribution in [0.3, 0.4) is 0 Å². The van der Waals surface area contributed by atoms with Gasteiger partial charge in [0.1, 0.15) is 0 Å². The van der Waals surface area contributed by atoms with Gasteiger partial charge < -0.3 is 10.2 Å². The van der Waals surface area contributed by atoms with Gasteiger partial charge >= 0.3 is 5.97 Å². The quantitative estimate of drug-likeness (QED) is 0.367. The molecular formula is C19H38O3. The van der Waals surface area contributed by atoms with E-state index in [1.807, 2.05) is 0 Å². The molecule has 0 rings (SSSR count). The average molecular weight is 315 g/mol. The fraction of sp³-hybridized carbons (Fsp3) is 0.947. The van der Waals surface area contributed by atoms with E-state index >= 15 is 0 Å². The second-order valence-electron chi connectivity index (χ2n) is 6.90. The molecule has 0 aromatic heterocycles. The zero-order valence-electron chi connectivity index (χ0n) is 14.9. The first-order chi connectivity index (χ1) is 10.6. The Hall–Kier alpha value is -0.570. The average Bonchev–Trinajstić information content (AvgIpc) is 2.45. The first kappa shape index (κ1) is 21.4. The van der Waals surface area contributed by atoms with Crippen molar-refractivity contribution < 1.29 is 15.0 Å². The van der Waals surface area contributed by atoms with Crippen molar-refractivity contribution >= 4 is 5.97 Å². The Kier molecular flexibility index (Phi) is 14.9. The van der Waals surface area contributed by atoms with Crippen LogP contribution < -0.4 is 0 Å². The highest BCUT2D eigenvalue weighted by molar-refractivity contribution is 5.67. The Labute approximate surface area is 137 Å². The lowest BCUT2D eigenvalue weighted by molar-refractivity contribution is -0.139. The van der Waals surface area contributed by atoms with E-state index in [1.165, 1.54) is 64.2 Å². The minimum atomic E-state index is -0.906. The van der Waals surface area contributed by atoms with Crippen LogP contribution in [0.25, 0.3) is 0 Å². The first-order valence-corrected chi connectivity index (χ1v) is 9.46. The summed E-state index contributed by atoms with van der Waals surface area (Å²) < 4.78 is 0. The van der Waals surface area contributed by atoms with Gasteiger partial charge in [-0.25, -0.2) is 0 Å². The van der Waals surface area contributed by atoms with Crippen molar-refractivity contribution in [2.45, 2.75) is 110 Å². The van der Waals surface area contributed by atoms with E-state index in [9.17, 15) is 9.90 Å². The van der Waals surface area contributed by atoms with Crippen LogP contribution >= 0.6 is 0 Å². The molecule has 0 aromatic rings. The first-order valence-electron chi connectivity index (χ1n) is 9.46. The lowest BCUT2D eigenvalue weighted by atomic mass is 9.96. The maximum absolute atomic E-state index is 10.4. The molecule has 0 saturated carbocycles. The number of carboxylic acids is 1. The molecule has 2 unspecified atom stereocenters. The van der Waals surface area contributed by atoms with Crippen molar-refractivity contribution in [2.24, 2.45) is 5.92 Å². The lowest BCUT2D eigenvalue weighted by Gasteiger charge is -2.11. The molecule has 2 atom stereocenters. The van der Waals surface area contributed by atoms with Crippen LogP contribution in [0, 0.1) is 5.92 Å². The molecule has 0 aromatic carbocycles. The van der Waals surface area contributed by atoms with Gasteiger partial charge in [0.2, 0.25) is 0 Å². The topological polar surface area (TPSA) is 57.5 Å². The SMILES string of the molecule is CCCCCCC(C)CCCCCCCCC(O)CC(=O)O. The molecule has 0 aliphatic carbocycles. The van der Waals surface area contributed by atoms with Crippen LogP contribution in [0.5, 0.6) is 0 Å². The fourth-order valence-corrected chi connectivity index (χ4v) is 2.95. The summed E-state index contributed by atoms with van der Waals surface area (Å²) in [7, 11) is 0. The number of hydrogen-bond acceptors (Lipinski definition) is 2. The van der Waals surface area contributed by atoms with Crippen molar-refractivity contribution in [2.75, 3.05) is 0 Å². The second kappa shape index (κ2) is 15.3. The number of aliphatic hydroxyl groups is 1. The van der Waals surface area contributed by atoms with E-state index in [1.54, 1.807) is 0 Å². The maximum Gasteiger partial charge on any atom is 0.305 e. The number of aliphatic carboxylic acids is 1. The Morgan fingerprint density at radius 2 is 1.27 bits per heavy atom. The number of rotatable bonds is 16. The van der Waals surface area contributed by atoms with Gasteiger partial charge in [0.05, 0.1) is 12.5 Å². The minimum absolute atomic E-state index is 0.115. The van der Waals surface area contributed by atoms with Crippen molar-refractivity contribution in [1.29, 1.82) is 0 Å². The summed E-state index contributed by atoms with van der Waals surface area (Å²) in [5.41, 5.74) is 0. The van der Waals surface area contributed by atoms with Gasteiger partial charge in [-0.05, 0) is 12.3 Å². The summed E-state index contributed by atoms with van der Waals surface area (Å²) in [4.78, 5) is 10.4. The van der Waals surface area contributed by atoms with E-state index in [0.717, 1.165) is 18.8 Å². The predicted molar refractivity (Wildman–Crippen MR) is 93.1 cm³/mol. The Balaban J connectivity index is 3.24. The molecule has 0 fully saturated rings. The molecule has 3 nitrogen and oxygen atoms in total. The monoisotopic (exact) mass is 314 g/mol. The molecule has 132 valence electrons. The van der Waals surface area contributed by atoms with Gasteiger partial charge in [0, 0.05) is 0 Å². The molecule has 0 aliphatic rings. The van der Waals surface area contributed by atoms with E-state index in [4.69, 9.17) is 5.11 Å². The summed E-state index contributed by atoms with van der Waals surface area (Å²) in [6.45, 7) is 4.64. The highest BCUT2D eigenvalue weighted by Gasteiger charge is 2.08. The molecule has 0 amide bonds. The van der Waals surface area contributed by atoms with Gasteiger partial charge in [-0.15, -0.1) is 0 Å². The Bertz CT molecular complexity index is 253. The number of hydrogen-bond donors (Lipinski definition) is 2.